The minimum Gasteiger partial charge on any atom is -0.394 e. The molecule has 0 aromatic rings. The van der Waals surface area contributed by atoms with Crippen LogP contribution in [0.2, 0.25) is 0 Å². The van der Waals surface area contributed by atoms with Gasteiger partial charge in [0.05, 0.1) is 38.6 Å². The summed E-state index contributed by atoms with van der Waals surface area (Å²) in [5.74, 6) is -0.284. The Morgan fingerprint density at radius 2 is 0.654 bits per heavy atom. The van der Waals surface area contributed by atoms with Gasteiger partial charge >= 0.3 is 0 Å². The van der Waals surface area contributed by atoms with Crippen molar-refractivity contribution >= 4 is 5.91 Å². The highest BCUT2D eigenvalue weighted by atomic mass is 16.8. The SMILES string of the molecule is CC/C=C\C/C=C\C/C=C\C/C=C\C/C=C\CCCCCCCCCCCCCCCCCC(=O)NC(COC1OC(CO)C(OC2OC(CO)C(OC3OC(CO)C(O)C(O)C3O)C(O)C2O)C(O)C1O)C(O)/C=C/CC/C=C/CCCCCCCCCCCCCCCCCCCCCCCCCCC. The lowest BCUT2D eigenvalue weighted by atomic mass is 9.96. The number of rotatable bonds is 69. The van der Waals surface area contributed by atoms with E-state index in [9.17, 15) is 61.0 Å². The molecule has 3 rings (SSSR count). The normalized spacial score (nSPS) is 25.9. The molecule has 0 aromatic carbocycles. The summed E-state index contributed by atoms with van der Waals surface area (Å²) in [7, 11) is 0. The van der Waals surface area contributed by atoms with Crippen LogP contribution < -0.4 is 5.32 Å². The number of aliphatic hydroxyl groups excluding tert-OH is 11. The zero-order chi connectivity index (χ0) is 77.4. The van der Waals surface area contributed by atoms with Gasteiger partial charge in [0.25, 0.3) is 0 Å². The first-order valence-corrected chi connectivity index (χ1v) is 43.3. The van der Waals surface area contributed by atoms with Gasteiger partial charge in [-0.3, -0.25) is 4.79 Å². The third kappa shape index (κ3) is 46.7. The van der Waals surface area contributed by atoms with Crippen molar-refractivity contribution in [3.8, 4) is 0 Å². The van der Waals surface area contributed by atoms with Gasteiger partial charge in [-0.05, 0) is 77.0 Å². The van der Waals surface area contributed by atoms with Crippen LogP contribution in [-0.4, -0.2) is 193 Å². The second-order valence-corrected chi connectivity index (χ2v) is 30.6. The van der Waals surface area contributed by atoms with Gasteiger partial charge in [-0.2, -0.15) is 0 Å². The van der Waals surface area contributed by atoms with Gasteiger partial charge in [-0.25, -0.2) is 0 Å². The molecule has 3 saturated heterocycles. The fraction of sp³-hybridized carbons (Fsp3) is 0.830. The summed E-state index contributed by atoms with van der Waals surface area (Å²) in [6.07, 6.45) is 64.4. The molecule has 0 aromatic heterocycles. The first-order chi connectivity index (χ1) is 52.3. The number of ether oxygens (including phenoxy) is 6. The van der Waals surface area contributed by atoms with Crippen molar-refractivity contribution in [2.24, 2.45) is 0 Å². The maximum atomic E-state index is 13.5. The van der Waals surface area contributed by atoms with Crippen molar-refractivity contribution in [1.82, 2.24) is 5.32 Å². The van der Waals surface area contributed by atoms with E-state index in [1.807, 2.05) is 6.08 Å². The molecule has 0 spiro atoms. The van der Waals surface area contributed by atoms with Crippen molar-refractivity contribution in [3.05, 3.63) is 85.1 Å². The number of hydrogen-bond acceptors (Lipinski definition) is 18. The standard InChI is InChI=1S/C88H157NO18/c1-3-5-7-9-11-13-15-17-19-21-23-25-27-29-31-33-35-37-39-41-43-45-47-49-51-53-55-57-59-61-63-65-72(93)71(89-76(94)66-64-62-60-58-56-54-52-50-48-46-44-42-40-38-36-34-32-30-28-26-24-22-20-18-16-14-12-10-8-6-4-2)70-102-86-82(100)79(97)84(74(68-91)104-86)107-88-83(101)80(98)85(75(69-92)105-88)106-87-81(99)78(96)77(95)73(67-90)103-87/h6,8,12,14,18,20,24,26,30,32,55,57,63,65,71-75,77-88,90-93,95-101H,3-5,7,9-11,13,15-17,19,21-23,25,27-29,31,33-54,56,58-62,64,66-70H2,1-2H3,(H,89,94)/b8-6-,14-12-,20-18-,26-24-,32-30-,57-55+,65-63+. The first kappa shape index (κ1) is 98.2. The predicted octanol–water partition coefficient (Wildman–Crippen LogP) is 15.7. The van der Waals surface area contributed by atoms with E-state index >= 15 is 0 Å². The van der Waals surface area contributed by atoms with E-state index in [0.29, 0.717) is 12.8 Å². The van der Waals surface area contributed by atoms with Crippen molar-refractivity contribution in [2.45, 2.75) is 439 Å². The average Bonchev–Trinajstić information content (AvgIpc) is 0.780. The fourth-order valence-electron chi connectivity index (χ4n) is 14.3. The topological polar surface area (TPSA) is 307 Å². The second kappa shape index (κ2) is 67.5. The van der Waals surface area contributed by atoms with Crippen molar-refractivity contribution in [2.75, 3.05) is 26.4 Å². The number of carbonyl (C=O) groups excluding carboxylic acids is 1. The van der Waals surface area contributed by atoms with Gasteiger partial charge < -0.3 is 89.9 Å². The molecule has 0 saturated carbocycles. The van der Waals surface area contributed by atoms with E-state index in [1.54, 1.807) is 6.08 Å². The quantitative estimate of drug-likeness (QED) is 0.0199. The van der Waals surface area contributed by atoms with E-state index in [-0.39, 0.29) is 18.9 Å². The van der Waals surface area contributed by atoms with Crippen molar-refractivity contribution in [1.29, 1.82) is 0 Å². The summed E-state index contributed by atoms with van der Waals surface area (Å²) in [6.45, 7) is 1.65. The van der Waals surface area contributed by atoms with Gasteiger partial charge in [0, 0.05) is 6.42 Å². The molecule has 17 atom stereocenters. The van der Waals surface area contributed by atoms with Gasteiger partial charge in [0.2, 0.25) is 5.91 Å². The van der Waals surface area contributed by atoms with Crippen LogP contribution in [0.5, 0.6) is 0 Å². The summed E-state index contributed by atoms with van der Waals surface area (Å²) >= 11 is 0. The minimum absolute atomic E-state index is 0.232. The molecule has 19 heteroatoms. The van der Waals surface area contributed by atoms with Crippen LogP contribution in [0.3, 0.4) is 0 Å². The van der Waals surface area contributed by atoms with Crippen molar-refractivity contribution < 1.29 is 89.4 Å². The molecule has 1 amide bonds. The van der Waals surface area contributed by atoms with E-state index in [2.05, 4.69) is 92.1 Å². The number of allylic oxidation sites excluding steroid dienone is 13. The van der Waals surface area contributed by atoms with Crippen LogP contribution in [0.1, 0.15) is 335 Å². The van der Waals surface area contributed by atoms with Crippen LogP contribution in [0, 0.1) is 0 Å². The maximum Gasteiger partial charge on any atom is 0.220 e. The molecule has 3 aliphatic rings. The summed E-state index contributed by atoms with van der Waals surface area (Å²) in [6, 6.07) is -0.996. The number of unbranched alkanes of at least 4 members (excludes halogenated alkanes) is 41. The molecular weight excluding hydrogens is 1360 g/mol. The van der Waals surface area contributed by atoms with Gasteiger partial charge in [-0.15, -0.1) is 0 Å². The van der Waals surface area contributed by atoms with E-state index < -0.39 is 124 Å². The Bertz CT molecular complexity index is 2260. The Hall–Kier alpha value is -3.03. The highest BCUT2D eigenvalue weighted by molar-refractivity contribution is 5.76. The van der Waals surface area contributed by atoms with Crippen LogP contribution in [0.4, 0.5) is 0 Å². The summed E-state index contributed by atoms with van der Waals surface area (Å²) < 4.78 is 34.5. The van der Waals surface area contributed by atoms with E-state index in [1.165, 1.54) is 231 Å². The Kier molecular flexibility index (Phi) is 61.9. The zero-order valence-electron chi connectivity index (χ0n) is 66.9. The fourth-order valence-corrected chi connectivity index (χ4v) is 14.3. The Morgan fingerprint density at radius 1 is 0.346 bits per heavy atom. The summed E-state index contributed by atoms with van der Waals surface area (Å²) in [4.78, 5) is 13.5. The summed E-state index contributed by atoms with van der Waals surface area (Å²) in [5, 5.41) is 121. The largest absolute Gasteiger partial charge is 0.394 e. The number of amides is 1. The Morgan fingerprint density at radius 3 is 1.05 bits per heavy atom. The molecule has 12 N–H and O–H groups in total. The number of carbonyl (C=O) groups is 1. The lowest BCUT2D eigenvalue weighted by Gasteiger charge is -2.48. The third-order valence-corrected chi connectivity index (χ3v) is 21.2. The minimum atomic E-state index is -1.98. The van der Waals surface area contributed by atoms with Gasteiger partial charge in [-0.1, -0.05) is 336 Å². The van der Waals surface area contributed by atoms with Crippen LogP contribution in [0.25, 0.3) is 0 Å². The highest BCUT2D eigenvalue weighted by Crippen LogP contribution is 2.33. The van der Waals surface area contributed by atoms with Gasteiger partial charge in [0.15, 0.2) is 18.9 Å². The summed E-state index contributed by atoms with van der Waals surface area (Å²) in [5.41, 5.74) is 0. The zero-order valence-corrected chi connectivity index (χ0v) is 66.9. The molecule has 0 aliphatic carbocycles. The predicted molar refractivity (Wildman–Crippen MR) is 429 cm³/mol. The molecule has 0 radical (unpaired) electrons. The molecular formula is C88H157NO18. The monoisotopic (exact) mass is 1520 g/mol. The molecule has 3 fully saturated rings. The lowest BCUT2D eigenvalue weighted by Crippen LogP contribution is -2.66. The number of nitrogens with one attached hydrogen (secondary N) is 1. The smallest absolute Gasteiger partial charge is 0.220 e. The highest BCUT2D eigenvalue weighted by Gasteiger charge is 2.54. The molecule has 3 aliphatic heterocycles. The Labute approximate surface area is 648 Å². The van der Waals surface area contributed by atoms with Crippen molar-refractivity contribution in [3.63, 3.8) is 0 Å². The first-order valence-electron chi connectivity index (χ1n) is 43.3. The van der Waals surface area contributed by atoms with Crippen LogP contribution in [0.15, 0.2) is 85.1 Å². The van der Waals surface area contributed by atoms with E-state index in [4.69, 9.17) is 28.4 Å². The van der Waals surface area contributed by atoms with Crippen LogP contribution >= 0.6 is 0 Å². The molecule has 107 heavy (non-hydrogen) atoms. The number of aliphatic hydroxyl groups is 11. The lowest BCUT2D eigenvalue weighted by molar-refractivity contribution is -0.379. The second-order valence-electron chi connectivity index (χ2n) is 30.6. The van der Waals surface area contributed by atoms with Crippen LogP contribution in [-0.2, 0) is 33.2 Å². The third-order valence-electron chi connectivity index (χ3n) is 21.2. The average molecular weight is 1520 g/mol. The molecule has 3 heterocycles. The number of hydrogen-bond donors (Lipinski definition) is 12. The molecule has 0 bridgehead atoms. The molecule has 17 unspecified atom stereocenters. The maximum absolute atomic E-state index is 13.5. The Balaban J connectivity index is 1.36. The van der Waals surface area contributed by atoms with Gasteiger partial charge in [0.1, 0.15) is 73.2 Å². The van der Waals surface area contributed by atoms with E-state index in [0.717, 1.165) is 70.6 Å². The molecule has 622 valence electrons. The molecule has 19 nitrogen and oxygen atoms in total.